The van der Waals surface area contributed by atoms with E-state index in [1.54, 1.807) is 13.3 Å². The first kappa shape index (κ1) is 15.4. The Balaban J connectivity index is 1.91. The van der Waals surface area contributed by atoms with Crippen LogP contribution >= 0.6 is 15.9 Å². The van der Waals surface area contributed by atoms with Gasteiger partial charge in [-0.1, -0.05) is 0 Å². The highest BCUT2D eigenvalue weighted by atomic mass is 79.9. The van der Waals surface area contributed by atoms with Gasteiger partial charge in [-0.15, -0.1) is 0 Å². The first-order valence-corrected chi connectivity index (χ1v) is 6.51. The maximum absolute atomic E-state index is 5.44. The number of rotatable bonds is 10. The van der Waals surface area contributed by atoms with Crippen LogP contribution in [-0.4, -0.2) is 51.7 Å². The third kappa shape index (κ3) is 7.60. The Morgan fingerprint density at radius 1 is 1.00 bits per heavy atom. The van der Waals surface area contributed by atoms with E-state index in [0.717, 1.165) is 10.4 Å². The number of hydrogen-bond donors (Lipinski definition) is 0. The molecule has 0 spiro atoms. The summed E-state index contributed by atoms with van der Waals surface area (Å²) in [5.74, 6) is 0.734. The van der Waals surface area contributed by atoms with E-state index in [0.29, 0.717) is 39.6 Å². The van der Waals surface area contributed by atoms with Gasteiger partial charge in [0.2, 0.25) is 0 Å². The van der Waals surface area contributed by atoms with Crippen molar-refractivity contribution in [2.24, 2.45) is 0 Å². The van der Waals surface area contributed by atoms with Crippen molar-refractivity contribution in [2.75, 3.05) is 46.8 Å². The van der Waals surface area contributed by atoms with E-state index >= 15 is 0 Å². The van der Waals surface area contributed by atoms with Crippen molar-refractivity contribution in [1.29, 1.82) is 0 Å². The number of nitrogens with zero attached hydrogens (tertiary/aromatic N) is 1. The van der Waals surface area contributed by atoms with Crippen LogP contribution in [0.4, 0.5) is 0 Å². The number of hydrogen-bond acceptors (Lipinski definition) is 5. The lowest BCUT2D eigenvalue weighted by Gasteiger charge is -2.07. The zero-order valence-electron chi connectivity index (χ0n) is 10.4. The van der Waals surface area contributed by atoms with E-state index in [1.165, 1.54) is 0 Å². The van der Waals surface area contributed by atoms with Gasteiger partial charge in [0.15, 0.2) is 0 Å². The molecule has 0 N–H and O–H groups in total. The zero-order chi connectivity index (χ0) is 13.1. The standard InChI is InChI=1S/C12H18BrNO4/c1-15-4-5-16-6-7-17-8-9-18-11-2-3-12(13)14-10-11/h2-3,10H,4-9H2,1H3. The summed E-state index contributed by atoms with van der Waals surface area (Å²) in [6.07, 6.45) is 1.66. The molecule has 6 heteroatoms. The van der Waals surface area contributed by atoms with Crippen LogP contribution in [0.15, 0.2) is 22.9 Å². The summed E-state index contributed by atoms with van der Waals surface area (Å²) in [7, 11) is 1.65. The molecule has 0 fully saturated rings. The number of ether oxygens (including phenoxy) is 4. The van der Waals surface area contributed by atoms with Crippen LogP contribution in [0.25, 0.3) is 0 Å². The van der Waals surface area contributed by atoms with Crippen LogP contribution in [0, 0.1) is 0 Å². The average molecular weight is 320 g/mol. The summed E-state index contributed by atoms with van der Waals surface area (Å²) in [6.45, 7) is 3.38. The number of pyridine rings is 1. The number of halogens is 1. The SMILES string of the molecule is COCCOCCOCCOc1ccc(Br)nc1. The van der Waals surface area contributed by atoms with Crippen LogP contribution in [0.5, 0.6) is 5.75 Å². The summed E-state index contributed by atoms with van der Waals surface area (Å²) >= 11 is 3.26. The molecule has 0 aliphatic carbocycles. The zero-order valence-corrected chi connectivity index (χ0v) is 12.0. The molecule has 5 nitrogen and oxygen atoms in total. The summed E-state index contributed by atoms with van der Waals surface area (Å²) in [6, 6.07) is 3.69. The molecular formula is C12H18BrNO4. The van der Waals surface area contributed by atoms with E-state index in [1.807, 2.05) is 12.1 Å². The van der Waals surface area contributed by atoms with E-state index in [-0.39, 0.29) is 0 Å². The molecule has 0 saturated heterocycles. The number of aromatic nitrogens is 1. The smallest absolute Gasteiger partial charge is 0.137 e. The summed E-state index contributed by atoms with van der Waals surface area (Å²) < 4.78 is 21.7. The molecule has 1 aromatic rings. The third-order valence-corrected chi connectivity index (χ3v) is 2.47. The largest absolute Gasteiger partial charge is 0.490 e. The first-order valence-electron chi connectivity index (χ1n) is 5.71. The lowest BCUT2D eigenvalue weighted by molar-refractivity contribution is 0.0179. The molecule has 0 radical (unpaired) electrons. The molecule has 18 heavy (non-hydrogen) atoms. The average Bonchev–Trinajstić information content (AvgIpc) is 2.39. The van der Waals surface area contributed by atoms with Crippen LogP contribution in [0.1, 0.15) is 0 Å². The quantitative estimate of drug-likeness (QED) is 0.487. The molecule has 102 valence electrons. The Labute approximate surface area is 116 Å². The molecule has 0 bridgehead atoms. The molecule has 0 saturated carbocycles. The highest BCUT2D eigenvalue weighted by Crippen LogP contribution is 2.12. The first-order chi connectivity index (χ1) is 8.83. The molecule has 1 heterocycles. The predicted molar refractivity (Wildman–Crippen MR) is 70.9 cm³/mol. The Kier molecular flexibility index (Phi) is 8.75. The minimum Gasteiger partial charge on any atom is -0.490 e. The highest BCUT2D eigenvalue weighted by Gasteiger charge is 1.95. The van der Waals surface area contributed by atoms with Gasteiger partial charge in [0.25, 0.3) is 0 Å². The van der Waals surface area contributed by atoms with Crippen molar-refractivity contribution in [3.63, 3.8) is 0 Å². The molecular weight excluding hydrogens is 302 g/mol. The number of methoxy groups -OCH3 is 1. The van der Waals surface area contributed by atoms with E-state index in [9.17, 15) is 0 Å². The van der Waals surface area contributed by atoms with Crippen LogP contribution < -0.4 is 4.74 Å². The van der Waals surface area contributed by atoms with Crippen molar-refractivity contribution < 1.29 is 18.9 Å². The van der Waals surface area contributed by atoms with Crippen molar-refractivity contribution in [3.05, 3.63) is 22.9 Å². The van der Waals surface area contributed by atoms with Crippen LogP contribution in [-0.2, 0) is 14.2 Å². The van der Waals surface area contributed by atoms with Crippen molar-refractivity contribution in [1.82, 2.24) is 4.98 Å². The Bertz CT molecular complexity index is 307. The van der Waals surface area contributed by atoms with Gasteiger partial charge in [-0.25, -0.2) is 4.98 Å². The monoisotopic (exact) mass is 319 g/mol. The van der Waals surface area contributed by atoms with Gasteiger partial charge in [-0.05, 0) is 28.1 Å². The second-order valence-corrected chi connectivity index (χ2v) is 4.20. The normalized spacial score (nSPS) is 10.6. The summed E-state index contributed by atoms with van der Waals surface area (Å²) in [5.41, 5.74) is 0. The van der Waals surface area contributed by atoms with E-state index in [4.69, 9.17) is 18.9 Å². The van der Waals surface area contributed by atoms with Gasteiger partial charge in [0.1, 0.15) is 17.0 Å². The molecule has 0 aliphatic heterocycles. The van der Waals surface area contributed by atoms with Gasteiger partial charge in [0.05, 0.1) is 39.2 Å². The van der Waals surface area contributed by atoms with Gasteiger partial charge in [0, 0.05) is 7.11 Å². The predicted octanol–water partition coefficient (Wildman–Crippen LogP) is 1.90. The maximum Gasteiger partial charge on any atom is 0.137 e. The lowest BCUT2D eigenvalue weighted by atomic mass is 10.5. The van der Waals surface area contributed by atoms with Gasteiger partial charge in [-0.2, -0.15) is 0 Å². The molecule has 0 aliphatic rings. The van der Waals surface area contributed by atoms with Crippen LogP contribution in [0.3, 0.4) is 0 Å². The van der Waals surface area contributed by atoms with Gasteiger partial charge >= 0.3 is 0 Å². The fourth-order valence-corrected chi connectivity index (χ4v) is 1.36. The minimum absolute atomic E-state index is 0.501. The molecule has 0 aromatic carbocycles. The third-order valence-electron chi connectivity index (χ3n) is 2.00. The molecule has 0 unspecified atom stereocenters. The van der Waals surface area contributed by atoms with E-state index in [2.05, 4.69) is 20.9 Å². The molecule has 0 atom stereocenters. The fraction of sp³-hybridized carbons (Fsp3) is 0.583. The second-order valence-electron chi connectivity index (χ2n) is 3.38. The lowest BCUT2D eigenvalue weighted by Crippen LogP contribution is -2.12. The Morgan fingerprint density at radius 2 is 1.67 bits per heavy atom. The van der Waals surface area contributed by atoms with Crippen molar-refractivity contribution in [2.45, 2.75) is 0 Å². The van der Waals surface area contributed by atoms with Crippen molar-refractivity contribution >= 4 is 15.9 Å². The van der Waals surface area contributed by atoms with Crippen molar-refractivity contribution in [3.8, 4) is 5.75 Å². The molecule has 0 amide bonds. The Morgan fingerprint density at radius 3 is 2.28 bits per heavy atom. The second kappa shape index (κ2) is 10.3. The van der Waals surface area contributed by atoms with E-state index < -0.39 is 0 Å². The van der Waals surface area contributed by atoms with Crippen LogP contribution in [0.2, 0.25) is 0 Å². The Hall–Kier alpha value is -0.690. The minimum atomic E-state index is 0.501. The molecule has 1 rings (SSSR count). The topological polar surface area (TPSA) is 49.8 Å². The summed E-state index contributed by atoms with van der Waals surface area (Å²) in [4.78, 5) is 4.05. The maximum atomic E-state index is 5.44. The highest BCUT2D eigenvalue weighted by molar-refractivity contribution is 9.10. The van der Waals surface area contributed by atoms with Gasteiger partial charge in [-0.3, -0.25) is 0 Å². The fourth-order valence-electron chi connectivity index (χ4n) is 1.13. The van der Waals surface area contributed by atoms with Gasteiger partial charge < -0.3 is 18.9 Å². The summed E-state index contributed by atoms with van der Waals surface area (Å²) in [5, 5.41) is 0. The molecule has 1 aromatic heterocycles.